The summed E-state index contributed by atoms with van der Waals surface area (Å²) in [6, 6.07) is 10.8. The minimum atomic E-state index is -4.53. The standard InChI is InChI=1S/C21H16F3NO4S/c1-28-17-16(11-30-18(17)20(27)29-2)12-6-8-15(9-7-12)25-19(26)13-4-3-5-14(10-13)21(22,23)24/h3-11H,1-2H3,(H,25,26). The number of nitrogens with one attached hydrogen (secondary N) is 1. The lowest BCUT2D eigenvalue weighted by Crippen LogP contribution is -2.13. The molecule has 0 aliphatic rings. The van der Waals surface area contributed by atoms with Gasteiger partial charge in [0.2, 0.25) is 0 Å². The second kappa shape index (κ2) is 8.58. The Morgan fingerprint density at radius 3 is 2.33 bits per heavy atom. The van der Waals surface area contributed by atoms with Gasteiger partial charge in [-0.1, -0.05) is 18.2 Å². The fourth-order valence-electron chi connectivity index (χ4n) is 2.76. The zero-order chi connectivity index (χ0) is 21.9. The first-order chi connectivity index (χ1) is 14.2. The lowest BCUT2D eigenvalue weighted by atomic mass is 10.1. The quantitative estimate of drug-likeness (QED) is 0.539. The van der Waals surface area contributed by atoms with E-state index in [9.17, 15) is 22.8 Å². The van der Waals surface area contributed by atoms with E-state index in [2.05, 4.69) is 5.32 Å². The molecule has 0 radical (unpaired) electrons. The topological polar surface area (TPSA) is 64.6 Å². The molecule has 30 heavy (non-hydrogen) atoms. The van der Waals surface area contributed by atoms with Crippen LogP contribution in [-0.4, -0.2) is 26.1 Å². The zero-order valence-corrected chi connectivity index (χ0v) is 16.7. The number of ether oxygens (including phenoxy) is 2. The van der Waals surface area contributed by atoms with Gasteiger partial charge in [0.25, 0.3) is 5.91 Å². The highest BCUT2D eigenvalue weighted by atomic mass is 32.1. The number of methoxy groups -OCH3 is 2. The number of benzene rings is 2. The average Bonchev–Trinajstić information content (AvgIpc) is 3.17. The van der Waals surface area contributed by atoms with Crippen molar-refractivity contribution in [3.05, 3.63) is 69.9 Å². The van der Waals surface area contributed by atoms with Crippen molar-refractivity contribution in [1.82, 2.24) is 0 Å². The van der Waals surface area contributed by atoms with Crippen LogP contribution in [0.4, 0.5) is 18.9 Å². The molecule has 0 bridgehead atoms. The van der Waals surface area contributed by atoms with Crippen molar-refractivity contribution in [3.63, 3.8) is 0 Å². The summed E-state index contributed by atoms with van der Waals surface area (Å²) in [6.07, 6.45) is -4.53. The van der Waals surface area contributed by atoms with Crippen molar-refractivity contribution >= 4 is 28.9 Å². The number of halogens is 3. The van der Waals surface area contributed by atoms with Gasteiger partial charge < -0.3 is 14.8 Å². The van der Waals surface area contributed by atoms with Crippen molar-refractivity contribution in [3.8, 4) is 16.9 Å². The van der Waals surface area contributed by atoms with Crippen LogP contribution < -0.4 is 10.1 Å². The van der Waals surface area contributed by atoms with Crippen molar-refractivity contribution in [2.75, 3.05) is 19.5 Å². The summed E-state index contributed by atoms with van der Waals surface area (Å²) >= 11 is 1.18. The monoisotopic (exact) mass is 435 g/mol. The molecule has 1 N–H and O–H groups in total. The third kappa shape index (κ3) is 4.46. The van der Waals surface area contributed by atoms with Crippen molar-refractivity contribution < 1.29 is 32.2 Å². The number of rotatable bonds is 5. The van der Waals surface area contributed by atoms with Crippen LogP contribution in [0.3, 0.4) is 0 Å². The first-order valence-corrected chi connectivity index (χ1v) is 9.45. The van der Waals surface area contributed by atoms with Gasteiger partial charge in [0.1, 0.15) is 0 Å². The SMILES string of the molecule is COC(=O)c1scc(-c2ccc(NC(=O)c3cccc(C(F)(F)F)c3)cc2)c1OC. The predicted molar refractivity (Wildman–Crippen MR) is 107 cm³/mol. The molecule has 0 atom stereocenters. The van der Waals surface area contributed by atoms with Crippen LogP contribution in [0.2, 0.25) is 0 Å². The van der Waals surface area contributed by atoms with E-state index in [0.717, 1.165) is 17.7 Å². The predicted octanol–water partition coefficient (Wildman–Crippen LogP) is 5.48. The maximum absolute atomic E-state index is 12.8. The van der Waals surface area contributed by atoms with Crippen LogP contribution >= 0.6 is 11.3 Å². The highest BCUT2D eigenvalue weighted by Gasteiger charge is 2.30. The molecule has 0 aliphatic heterocycles. The Balaban J connectivity index is 1.80. The molecule has 0 saturated carbocycles. The molecule has 2 aromatic carbocycles. The van der Waals surface area contributed by atoms with Gasteiger partial charge in [0.15, 0.2) is 10.6 Å². The molecule has 9 heteroatoms. The molecule has 0 spiro atoms. The highest BCUT2D eigenvalue weighted by Crippen LogP contribution is 2.39. The number of alkyl halides is 3. The average molecular weight is 435 g/mol. The Kier molecular flexibility index (Phi) is 6.12. The number of carbonyl (C=O) groups excluding carboxylic acids is 2. The van der Waals surface area contributed by atoms with Gasteiger partial charge >= 0.3 is 12.1 Å². The summed E-state index contributed by atoms with van der Waals surface area (Å²) in [4.78, 5) is 24.5. The molecule has 0 saturated heterocycles. The van der Waals surface area contributed by atoms with Gasteiger partial charge in [-0.3, -0.25) is 4.79 Å². The van der Waals surface area contributed by atoms with Crippen LogP contribution in [0.25, 0.3) is 11.1 Å². The Bertz CT molecular complexity index is 1070. The maximum Gasteiger partial charge on any atom is 0.416 e. The molecular weight excluding hydrogens is 419 g/mol. The number of hydrogen-bond acceptors (Lipinski definition) is 5. The lowest BCUT2D eigenvalue weighted by molar-refractivity contribution is -0.137. The number of hydrogen-bond donors (Lipinski definition) is 1. The van der Waals surface area contributed by atoms with Gasteiger partial charge in [0, 0.05) is 22.2 Å². The second-order valence-electron chi connectivity index (χ2n) is 6.11. The number of esters is 1. The van der Waals surface area contributed by atoms with E-state index in [0.29, 0.717) is 21.9 Å². The Morgan fingerprint density at radius 2 is 1.73 bits per heavy atom. The smallest absolute Gasteiger partial charge is 0.416 e. The van der Waals surface area contributed by atoms with Crippen LogP contribution in [-0.2, 0) is 10.9 Å². The third-order valence-electron chi connectivity index (χ3n) is 4.23. The van der Waals surface area contributed by atoms with E-state index in [1.54, 1.807) is 29.6 Å². The van der Waals surface area contributed by atoms with E-state index in [-0.39, 0.29) is 5.56 Å². The fraction of sp³-hybridized carbons (Fsp3) is 0.143. The van der Waals surface area contributed by atoms with Gasteiger partial charge in [-0.2, -0.15) is 13.2 Å². The molecule has 0 aliphatic carbocycles. The number of thiophene rings is 1. The third-order valence-corrected chi connectivity index (χ3v) is 5.17. The Morgan fingerprint density at radius 1 is 1.03 bits per heavy atom. The lowest BCUT2D eigenvalue weighted by Gasteiger charge is -2.10. The van der Waals surface area contributed by atoms with E-state index in [1.807, 2.05) is 0 Å². The summed E-state index contributed by atoms with van der Waals surface area (Å²) < 4.78 is 48.6. The molecule has 0 unspecified atom stereocenters. The molecular formula is C21H16F3NO4S. The van der Waals surface area contributed by atoms with Crippen LogP contribution in [0.15, 0.2) is 53.9 Å². The van der Waals surface area contributed by atoms with Crippen molar-refractivity contribution in [1.29, 1.82) is 0 Å². The minimum Gasteiger partial charge on any atom is -0.494 e. The van der Waals surface area contributed by atoms with E-state index in [1.165, 1.54) is 37.7 Å². The fourth-order valence-corrected chi connectivity index (χ4v) is 3.71. The first kappa shape index (κ1) is 21.4. The molecule has 1 aromatic heterocycles. The largest absolute Gasteiger partial charge is 0.494 e. The van der Waals surface area contributed by atoms with E-state index >= 15 is 0 Å². The number of amides is 1. The normalized spacial score (nSPS) is 11.1. The molecule has 156 valence electrons. The van der Waals surface area contributed by atoms with Crippen molar-refractivity contribution in [2.24, 2.45) is 0 Å². The van der Waals surface area contributed by atoms with Crippen LogP contribution in [0.1, 0.15) is 25.6 Å². The highest BCUT2D eigenvalue weighted by molar-refractivity contribution is 7.12. The van der Waals surface area contributed by atoms with Gasteiger partial charge in [-0.05, 0) is 35.9 Å². The number of anilines is 1. The zero-order valence-electron chi connectivity index (χ0n) is 15.9. The first-order valence-electron chi connectivity index (χ1n) is 8.57. The molecule has 1 amide bonds. The molecule has 3 aromatic rings. The summed E-state index contributed by atoms with van der Waals surface area (Å²) in [6.45, 7) is 0. The number of carbonyl (C=O) groups is 2. The summed E-state index contributed by atoms with van der Waals surface area (Å²) in [5.41, 5.74) is 0.824. The maximum atomic E-state index is 12.8. The Hall–Kier alpha value is -3.33. The van der Waals surface area contributed by atoms with Gasteiger partial charge in [-0.25, -0.2) is 4.79 Å². The minimum absolute atomic E-state index is 0.101. The second-order valence-corrected chi connectivity index (χ2v) is 6.99. The van der Waals surface area contributed by atoms with E-state index in [4.69, 9.17) is 9.47 Å². The van der Waals surface area contributed by atoms with Crippen LogP contribution in [0, 0.1) is 0 Å². The van der Waals surface area contributed by atoms with Crippen LogP contribution in [0.5, 0.6) is 5.75 Å². The molecule has 0 fully saturated rings. The molecule has 3 rings (SSSR count). The van der Waals surface area contributed by atoms with E-state index < -0.39 is 23.6 Å². The Labute approximate surface area is 174 Å². The molecule has 1 heterocycles. The van der Waals surface area contributed by atoms with Crippen molar-refractivity contribution in [2.45, 2.75) is 6.18 Å². The summed E-state index contributed by atoms with van der Waals surface area (Å²) in [5, 5.41) is 4.32. The molecule has 5 nitrogen and oxygen atoms in total. The van der Waals surface area contributed by atoms with Gasteiger partial charge in [-0.15, -0.1) is 11.3 Å². The van der Waals surface area contributed by atoms with Gasteiger partial charge in [0.05, 0.1) is 19.8 Å². The summed E-state index contributed by atoms with van der Waals surface area (Å²) in [7, 11) is 2.73. The summed E-state index contributed by atoms with van der Waals surface area (Å²) in [5.74, 6) is -0.782.